The Morgan fingerprint density at radius 3 is 2.62 bits per heavy atom. The van der Waals surface area contributed by atoms with Gasteiger partial charge in [-0.15, -0.1) is 0 Å². The third-order valence-electron chi connectivity index (χ3n) is 5.73. The zero-order valence-corrected chi connectivity index (χ0v) is 18.5. The molecule has 4 rings (SSSR count). The number of carbonyl (C=O) groups is 2. The first kappa shape index (κ1) is 21.7. The van der Waals surface area contributed by atoms with Crippen molar-refractivity contribution in [3.8, 4) is 5.69 Å². The van der Waals surface area contributed by atoms with Gasteiger partial charge in [0, 0.05) is 42.9 Å². The van der Waals surface area contributed by atoms with Crippen molar-refractivity contribution >= 4 is 17.5 Å². The van der Waals surface area contributed by atoms with Crippen LogP contribution >= 0.6 is 0 Å². The minimum atomic E-state index is -0.450. The van der Waals surface area contributed by atoms with Gasteiger partial charge in [-0.25, -0.2) is 4.68 Å². The zero-order valence-electron chi connectivity index (χ0n) is 18.5. The highest BCUT2D eigenvalue weighted by Gasteiger charge is 2.31. The van der Waals surface area contributed by atoms with E-state index in [1.165, 1.54) is 0 Å². The topological polar surface area (TPSA) is 93.0 Å². The third-order valence-corrected chi connectivity index (χ3v) is 5.73. The van der Waals surface area contributed by atoms with Gasteiger partial charge in [0.2, 0.25) is 11.8 Å². The Kier molecular flexibility index (Phi) is 6.58. The monoisotopic (exact) mass is 432 g/mol. The van der Waals surface area contributed by atoms with Crippen LogP contribution < -0.4 is 5.32 Å². The molecule has 0 bridgehead atoms. The summed E-state index contributed by atoms with van der Waals surface area (Å²) < 4.78 is 1.87. The molecule has 1 N–H and O–H groups in total. The highest BCUT2D eigenvalue weighted by molar-refractivity contribution is 5.97. The number of nitrogens with zero attached hydrogens (tertiary/aromatic N) is 5. The van der Waals surface area contributed by atoms with Crippen molar-refractivity contribution in [2.75, 3.05) is 11.9 Å². The van der Waals surface area contributed by atoms with Crippen LogP contribution in [0.25, 0.3) is 5.69 Å². The average Bonchev–Trinajstić information content (AvgIpc) is 3.16. The maximum absolute atomic E-state index is 13.0. The second-order valence-electron chi connectivity index (χ2n) is 8.17. The van der Waals surface area contributed by atoms with Gasteiger partial charge in [0.15, 0.2) is 0 Å². The summed E-state index contributed by atoms with van der Waals surface area (Å²) in [5.74, 6) is -0.160. The van der Waals surface area contributed by atoms with Crippen LogP contribution in [-0.4, -0.2) is 49.0 Å². The predicted octanol–water partition coefficient (Wildman–Crippen LogP) is 3.23. The quantitative estimate of drug-likeness (QED) is 0.646. The molecule has 8 nitrogen and oxygen atoms in total. The molecule has 0 spiro atoms. The molecule has 1 atom stereocenters. The molecule has 0 aliphatic carbocycles. The summed E-state index contributed by atoms with van der Waals surface area (Å²) in [5, 5.41) is 7.47. The average molecular weight is 433 g/mol. The first-order valence-electron chi connectivity index (χ1n) is 11.0. The lowest BCUT2D eigenvalue weighted by Gasteiger charge is -2.34. The molecule has 32 heavy (non-hydrogen) atoms. The first-order valence-corrected chi connectivity index (χ1v) is 11.0. The molecular weight excluding hydrogens is 404 g/mol. The first-order chi connectivity index (χ1) is 15.5. The highest BCUT2D eigenvalue weighted by Crippen LogP contribution is 2.21. The molecule has 0 radical (unpaired) electrons. The molecule has 166 valence electrons. The van der Waals surface area contributed by atoms with Gasteiger partial charge in [-0.05, 0) is 69.9 Å². The van der Waals surface area contributed by atoms with Crippen molar-refractivity contribution in [3.63, 3.8) is 0 Å². The van der Waals surface area contributed by atoms with Gasteiger partial charge in [0.05, 0.1) is 17.1 Å². The van der Waals surface area contributed by atoms with Gasteiger partial charge in [0.1, 0.15) is 6.04 Å². The predicted molar refractivity (Wildman–Crippen MR) is 121 cm³/mol. The van der Waals surface area contributed by atoms with Gasteiger partial charge in [-0.1, -0.05) is 0 Å². The second-order valence-corrected chi connectivity index (χ2v) is 8.17. The number of likely N-dealkylation sites (tertiary alicyclic amines) is 1. The molecule has 2 amide bonds. The molecule has 1 saturated heterocycles. The Morgan fingerprint density at radius 1 is 1.12 bits per heavy atom. The zero-order chi connectivity index (χ0) is 22.5. The standard InChI is InChI=1S/C24H28N6O2/c1-17-15-18(2)30(28-17)21-9-6-19(7-10-21)27-24(32)22-5-3-4-14-29(22)23(31)11-8-20-16-25-12-13-26-20/h6-7,9-10,12-13,15-16,22H,3-5,8,11,14H2,1-2H3,(H,27,32). The highest BCUT2D eigenvalue weighted by atomic mass is 16.2. The van der Waals surface area contributed by atoms with Gasteiger partial charge >= 0.3 is 0 Å². The van der Waals surface area contributed by atoms with Crippen LogP contribution in [0.4, 0.5) is 5.69 Å². The molecule has 3 heterocycles. The minimum absolute atomic E-state index is 0.0182. The molecule has 1 unspecified atom stereocenters. The number of hydrogen-bond acceptors (Lipinski definition) is 5. The van der Waals surface area contributed by atoms with Gasteiger partial charge in [-0.2, -0.15) is 5.10 Å². The van der Waals surface area contributed by atoms with Crippen molar-refractivity contribution in [1.29, 1.82) is 0 Å². The summed E-state index contributed by atoms with van der Waals surface area (Å²) in [4.78, 5) is 35.9. The summed E-state index contributed by atoms with van der Waals surface area (Å²) in [6.07, 6.45) is 8.26. The fourth-order valence-electron chi connectivity index (χ4n) is 4.14. The van der Waals surface area contributed by atoms with E-state index in [2.05, 4.69) is 20.4 Å². The lowest BCUT2D eigenvalue weighted by molar-refractivity contribution is -0.140. The van der Waals surface area contributed by atoms with Crippen LogP contribution in [0.2, 0.25) is 0 Å². The lowest BCUT2D eigenvalue weighted by atomic mass is 10.00. The second kappa shape index (κ2) is 9.72. The third kappa shape index (κ3) is 5.01. The Labute approximate surface area is 187 Å². The van der Waals surface area contributed by atoms with E-state index in [1.54, 1.807) is 23.5 Å². The van der Waals surface area contributed by atoms with Crippen molar-refractivity contribution in [3.05, 3.63) is 66.0 Å². The Balaban J connectivity index is 1.39. The van der Waals surface area contributed by atoms with E-state index >= 15 is 0 Å². The molecule has 0 saturated carbocycles. The lowest BCUT2D eigenvalue weighted by Crippen LogP contribution is -2.50. The fraction of sp³-hybridized carbons (Fsp3) is 0.375. The van der Waals surface area contributed by atoms with Crippen molar-refractivity contribution < 1.29 is 9.59 Å². The van der Waals surface area contributed by atoms with Crippen LogP contribution in [0, 0.1) is 13.8 Å². The molecule has 1 aromatic carbocycles. The minimum Gasteiger partial charge on any atom is -0.331 e. The van der Waals surface area contributed by atoms with Crippen LogP contribution in [-0.2, 0) is 16.0 Å². The van der Waals surface area contributed by atoms with Crippen molar-refractivity contribution in [1.82, 2.24) is 24.6 Å². The number of anilines is 1. The molecule has 8 heteroatoms. The van der Waals surface area contributed by atoms with Crippen LogP contribution in [0.3, 0.4) is 0 Å². The normalized spacial score (nSPS) is 16.1. The molecule has 1 aliphatic heterocycles. The van der Waals surface area contributed by atoms with E-state index in [0.29, 0.717) is 31.5 Å². The summed E-state index contributed by atoms with van der Waals surface area (Å²) in [5.41, 5.74) is 4.44. The number of hydrogen-bond donors (Lipinski definition) is 1. The van der Waals surface area contributed by atoms with Gasteiger partial charge < -0.3 is 10.2 Å². The number of aromatic nitrogens is 4. The summed E-state index contributed by atoms with van der Waals surface area (Å²) in [7, 11) is 0. The summed E-state index contributed by atoms with van der Waals surface area (Å²) in [6, 6.07) is 9.17. The van der Waals surface area contributed by atoms with E-state index in [4.69, 9.17) is 0 Å². The number of nitrogens with one attached hydrogen (secondary N) is 1. The summed E-state index contributed by atoms with van der Waals surface area (Å²) >= 11 is 0. The number of benzene rings is 1. The Morgan fingerprint density at radius 2 is 1.94 bits per heavy atom. The Hall–Kier alpha value is -3.55. The van der Waals surface area contributed by atoms with E-state index in [-0.39, 0.29) is 11.8 Å². The SMILES string of the molecule is Cc1cc(C)n(-c2ccc(NC(=O)C3CCCCN3C(=O)CCc3cnccn3)cc2)n1. The number of piperidine rings is 1. The number of aryl methyl sites for hydroxylation is 3. The van der Waals surface area contributed by atoms with Crippen LogP contribution in [0.1, 0.15) is 42.8 Å². The smallest absolute Gasteiger partial charge is 0.247 e. The van der Waals surface area contributed by atoms with Gasteiger partial charge in [-0.3, -0.25) is 19.6 Å². The largest absolute Gasteiger partial charge is 0.331 e. The summed E-state index contributed by atoms with van der Waals surface area (Å²) in [6.45, 7) is 4.57. The molecule has 1 aliphatic rings. The van der Waals surface area contributed by atoms with Gasteiger partial charge in [0.25, 0.3) is 0 Å². The van der Waals surface area contributed by atoms with E-state index < -0.39 is 6.04 Å². The number of rotatable bonds is 6. The number of carbonyl (C=O) groups excluding carboxylic acids is 2. The Bertz CT molecular complexity index is 1080. The van der Waals surface area contributed by atoms with Crippen molar-refractivity contribution in [2.24, 2.45) is 0 Å². The van der Waals surface area contributed by atoms with E-state index in [1.807, 2.05) is 48.9 Å². The van der Waals surface area contributed by atoms with Crippen molar-refractivity contribution in [2.45, 2.75) is 52.0 Å². The van der Waals surface area contributed by atoms with Crippen LogP contribution in [0.15, 0.2) is 48.9 Å². The maximum atomic E-state index is 13.0. The van der Waals surface area contributed by atoms with E-state index in [0.717, 1.165) is 35.6 Å². The molecule has 2 aromatic heterocycles. The van der Waals surface area contributed by atoms with Crippen LogP contribution in [0.5, 0.6) is 0 Å². The molecule has 1 fully saturated rings. The molecular formula is C24H28N6O2. The molecule has 3 aromatic rings. The fourth-order valence-corrected chi connectivity index (χ4v) is 4.14. The van der Waals surface area contributed by atoms with E-state index in [9.17, 15) is 9.59 Å². The number of amides is 2. The maximum Gasteiger partial charge on any atom is 0.247 e.